The number of allylic oxidation sites excluding steroid dienone is 1. The van der Waals surface area contributed by atoms with Gasteiger partial charge in [-0.05, 0) is 24.6 Å². The minimum absolute atomic E-state index is 0.110. The fourth-order valence-electron chi connectivity index (χ4n) is 1.41. The number of nitrogens with zero attached hydrogens (tertiary/aromatic N) is 3. The molecule has 0 bridgehead atoms. The lowest BCUT2D eigenvalue weighted by atomic mass is 10.2. The van der Waals surface area contributed by atoms with E-state index in [9.17, 15) is 0 Å². The van der Waals surface area contributed by atoms with E-state index in [-0.39, 0.29) is 11.6 Å². The van der Waals surface area contributed by atoms with E-state index < -0.39 is 0 Å². The summed E-state index contributed by atoms with van der Waals surface area (Å²) < 4.78 is 5.34. The van der Waals surface area contributed by atoms with Gasteiger partial charge in [-0.15, -0.1) is 0 Å². The zero-order valence-electron chi connectivity index (χ0n) is 11.0. The number of oxazole rings is 1. The van der Waals surface area contributed by atoms with Crippen LogP contribution in [0.3, 0.4) is 0 Å². The monoisotopic (exact) mass is 320 g/mol. The highest BCUT2D eigenvalue weighted by atomic mass is 35.5. The Kier molecular flexibility index (Phi) is 4.63. The fourth-order valence-corrected chi connectivity index (χ4v) is 1.72. The second-order valence-corrected chi connectivity index (χ2v) is 4.95. The van der Waals surface area contributed by atoms with Crippen LogP contribution in [-0.2, 0) is 0 Å². The van der Waals surface area contributed by atoms with E-state index in [0.717, 1.165) is 5.56 Å². The number of benzene rings is 1. The van der Waals surface area contributed by atoms with Crippen molar-refractivity contribution in [2.45, 2.75) is 6.92 Å². The average Bonchev–Trinajstić information content (AvgIpc) is 2.86. The summed E-state index contributed by atoms with van der Waals surface area (Å²) in [6.07, 6.45) is 1.52. The van der Waals surface area contributed by atoms with Crippen LogP contribution in [0.25, 0.3) is 5.57 Å². The van der Waals surface area contributed by atoms with Gasteiger partial charge in [0.05, 0.1) is 16.3 Å². The van der Waals surface area contributed by atoms with Crippen LogP contribution in [0.1, 0.15) is 24.1 Å². The third kappa shape index (κ3) is 3.63. The number of aromatic nitrogens is 1. The maximum Gasteiger partial charge on any atom is 0.252 e. The average molecular weight is 321 g/mol. The molecule has 0 aliphatic carbocycles. The number of hydrogen-bond acceptors (Lipinski definition) is 5. The van der Waals surface area contributed by atoms with Crippen LogP contribution in [-0.4, -0.2) is 11.2 Å². The van der Waals surface area contributed by atoms with Crippen molar-refractivity contribution in [3.8, 4) is 6.07 Å². The SMILES string of the molecule is C=C(C)c1nc(C#N)c(N/N=C/c2ccc(Cl)c(Cl)c2)o1. The lowest BCUT2D eigenvalue weighted by Gasteiger charge is -1.98. The Morgan fingerprint density at radius 3 is 2.86 bits per heavy atom. The van der Waals surface area contributed by atoms with Crippen molar-refractivity contribution in [3.05, 3.63) is 52.0 Å². The number of halogens is 2. The Labute approximate surface area is 131 Å². The molecule has 1 aromatic carbocycles. The lowest BCUT2D eigenvalue weighted by Crippen LogP contribution is -1.91. The van der Waals surface area contributed by atoms with Crippen molar-refractivity contribution in [2.75, 3.05) is 5.43 Å². The first-order valence-corrected chi connectivity index (χ1v) is 6.58. The first-order chi connectivity index (χ1) is 10.0. The molecular weight excluding hydrogens is 311 g/mol. The van der Waals surface area contributed by atoms with Gasteiger partial charge in [-0.2, -0.15) is 15.3 Å². The van der Waals surface area contributed by atoms with E-state index >= 15 is 0 Å². The van der Waals surface area contributed by atoms with Crippen LogP contribution in [0, 0.1) is 11.3 Å². The molecule has 0 saturated carbocycles. The molecule has 1 heterocycles. The van der Waals surface area contributed by atoms with Crippen LogP contribution < -0.4 is 5.43 Å². The van der Waals surface area contributed by atoms with Gasteiger partial charge in [0.1, 0.15) is 6.07 Å². The summed E-state index contributed by atoms with van der Waals surface area (Å²) in [7, 11) is 0. The van der Waals surface area contributed by atoms with Crippen molar-refractivity contribution >= 4 is 40.9 Å². The smallest absolute Gasteiger partial charge is 0.252 e. The summed E-state index contributed by atoms with van der Waals surface area (Å²) in [6, 6.07) is 7.00. The van der Waals surface area contributed by atoms with Gasteiger partial charge in [-0.1, -0.05) is 35.8 Å². The lowest BCUT2D eigenvalue weighted by molar-refractivity contribution is 0.554. The standard InChI is InChI=1S/C14H10Cl2N4O/c1-8(2)13-19-12(6-17)14(21-13)20-18-7-9-3-4-10(15)11(16)5-9/h3-5,7,20H,1H2,2H3/b18-7+. The largest absolute Gasteiger partial charge is 0.418 e. The van der Waals surface area contributed by atoms with Crippen LogP contribution >= 0.6 is 23.2 Å². The zero-order valence-corrected chi connectivity index (χ0v) is 12.5. The molecular formula is C14H10Cl2N4O. The van der Waals surface area contributed by atoms with Gasteiger partial charge in [0, 0.05) is 5.57 Å². The van der Waals surface area contributed by atoms with Crippen molar-refractivity contribution in [1.82, 2.24) is 4.98 Å². The fraction of sp³-hybridized carbons (Fsp3) is 0.0714. The Bertz CT molecular complexity index is 759. The molecule has 1 N–H and O–H groups in total. The molecule has 0 amide bonds. The minimum atomic E-state index is 0.110. The predicted molar refractivity (Wildman–Crippen MR) is 83.6 cm³/mol. The first-order valence-electron chi connectivity index (χ1n) is 5.82. The number of rotatable bonds is 4. The molecule has 106 valence electrons. The predicted octanol–water partition coefficient (Wildman–Crippen LogP) is 4.33. The number of anilines is 1. The molecule has 0 fully saturated rings. The minimum Gasteiger partial charge on any atom is -0.418 e. The number of hydrogen-bond donors (Lipinski definition) is 1. The van der Waals surface area contributed by atoms with Crippen molar-refractivity contribution in [2.24, 2.45) is 5.10 Å². The van der Waals surface area contributed by atoms with E-state index in [4.69, 9.17) is 32.9 Å². The van der Waals surface area contributed by atoms with E-state index in [1.165, 1.54) is 6.21 Å². The van der Waals surface area contributed by atoms with Crippen molar-refractivity contribution in [1.29, 1.82) is 5.26 Å². The molecule has 0 unspecified atom stereocenters. The van der Waals surface area contributed by atoms with Gasteiger partial charge in [0.2, 0.25) is 11.6 Å². The number of nitrogens with one attached hydrogen (secondary N) is 1. The molecule has 21 heavy (non-hydrogen) atoms. The molecule has 0 saturated heterocycles. The van der Waals surface area contributed by atoms with Gasteiger partial charge < -0.3 is 4.42 Å². The summed E-state index contributed by atoms with van der Waals surface area (Å²) in [5, 5.41) is 13.8. The molecule has 2 rings (SSSR count). The van der Waals surface area contributed by atoms with Crippen molar-refractivity contribution in [3.63, 3.8) is 0 Å². The molecule has 5 nitrogen and oxygen atoms in total. The van der Waals surface area contributed by atoms with Crippen molar-refractivity contribution < 1.29 is 4.42 Å². The topological polar surface area (TPSA) is 74.2 Å². The van der Waals surface area contributed by atoms with Gasteiger partial charge in [0.25, 0.3) is 5.88 Å². The maximum atomic E-state index is 8.97. The summed E-state index contributed by atoms with van der Waals surface area (Å²) >= 11 is 11.7. The summed E-state index contributed by atoms with van der Waals surface area (Å²) in [6.45, 7) is 5.43. The maximum absolute atomic E-state index is 8.97. The highest BCUT2D eigenvalue weighted by Crippen LogP contribution is 2.22. The zero-order chi connectivity index (χ0) is 15.4. The Morgan fingerprint density at radius 2 is 2.24 bits per heavy atom. The van der Waals surface area contributed by atoms with Gasteiger partial charge in [-0.3, -0.25) is 0 Å². The second kappa shape index (κ2) is 6.44. The van der Waals surface area contributed by atoms with Crippen LogP contribution in [0.2, 0.25) is 10.0 Å². The normalized spacial score (nSPS) is 10.6. The van der Waals surface area contributed by atoms with Crippen LogP contribution in [0.4, 0.5) is 5.88 Å². The van der Waals surface area contributed by atoms with Gasteiger partial charge in [0.15, 0.2) is 0 Å². The molecule has 0 aliphatic heterocycles. The van der Waals surface area contributed by atoms with E-state index in [2.05, 4.69) is 22.1 Å². The van der Waals surface area contributed by atoms with Crippen LogP contribution in [0.15, 0.2) is 34.3 Å². The van der Waals surface area contributed by atoms with E-state index in [1.807, 2.05) is 6.07 Å². The third-order valence-corrected chi connectivity index (χ3v) is 3.16. The molecule has 0 spiro atoms. The molecule has 0 atom stereocenters. The summed E-state index contributed by atoms with van der Waals surface area (Å²) in [5.74, 6) is 0.450. The van der Waals surface area contributed by atoms with Gasteiger partial charge >= 0.3 is 0 Å². The Hall–Kier alpha value is -2.29. The van der Waals surface area contributed by atoms with Gasteiger partial charge in [-0.25, -0.2) is 5.43 Å². The van der Waals surface area contributed by atoms with E-state index in [1.54, 1.807) is 25.1 Å². The number of nitriles is 1. The molecule has 7 heteroatoms. The highest BCUT2D eigenvalue weighted by molar-refractivity contribution is 6.42. The molecule has 1 aromatic heterocycles. The summed E-state index contributed by atoms with van der Waals surface area (Å²) in [5.41, 5.74) is 4.10. The highest BCUT2D eigenvalue weighted by Gasteiger charge is 2.12. The Morgan fingerprint density at radius 1 is 1.48 bits per heavy atom. The summed E-state index contributed by atoms with van der Waals surface area (Å²) in [4.78, 5) is 3.98. The van der Waals surface area contributed by atoms with E-state index in [0.29, 0.717) is 21.5 Å². The third-order valence-electron chi connectivity index (χ3n) is 2.42. The second-order valence-electron chi connectivity index (χ2n) is 4.13. The first kappa shape index (κ1) is 15.1. The quantitative estimate of drug-likeness (QED) is 0.672. The molecule has 2 aromatic rings. The molecule has 0 radical (unpaired) electrons. The molecule has 0 aliphatic rings. The van der Waals surface area contributed by atoms with Crippen LogP contribution in [0.5, 0.6) is 0 Å². The number of hydrazone groups is 1. The Balaban J connectivity index is 2.15.